The minimum atomic E-state index is 0.642. The molecule has 1 nitrogen and oxygen atoms in total. The smallest absolute Gasteiger partial charge is 0.0606 e. The summed E-state index contributed by atoms with van der Waals surface area (Å²) in [7, 11) is 0. The van der Waals surface area contributed by atoms with E-state index < -0.39 is 0 Å². The lowest BCUT2D eigenvalue weighted by Gasteiger charge is -2.29. The van der Waals surface area contributed by atoms with Crippen molar-refractivity contribution < 1.29 is 4.74 Å². The van der Waals surface area contributed by atoms with E-state index in [0.717, 1.165) is 18.4 Å². The summed E-state index contributed by atoms with van der Waals surface area (Å²) in [5, 5.41) is 0. The molecule has 0 unspecified atom stereocenters. The van der Waals surface area contributed by atoms with Crippen molar-refractivity contribution in [3.63, 3.8) is 0 Å². The number of hydrogen-bond acceptors (Lipinski definition) is 1. The Kier molecular flexibility index (Phi) is 1.69. The first kappa shape index (κ1) is 6.66. The van der Waals surface area contributed by atoms with Crippen LogP contribution in [0.25, 0.3) is 0 Å². The second-order valence-electron chi connectivity index (χ2n) is 3.77. The average Bonchev–Trinajstić information content (AvgIpc) is 2.36. The van der Waals surface area contributed by atoms with Crippen molar-refractivity contribution in [1.29, 1.82) is 0 Å². The minimum absolute atomic E-state index is 0.642. The normalized spacial score (nSPS) is 47.1. The fourth-order valence-electron chi connectivity index (χ4n) is 2.47. The van der Waals surface area contributed by atoms with E-state index in [-0.39, 0.29) is 0 Å². The predicted molar refractivity (Wildman–Crippen MR) is 40.9 cm³/mol. The molecule has 1 saturated carbocycles. The Morgan fingerprint density at radius 1 is 1.20 bits per heavy atom. The van der Waals surface area contributed by atoms with Crippen LogP contribution in [0.3, 0.4) is 0 Å². The maximum atomic E-state index is 5.63. The fraction of sp³-hybridized carbons (Fsp3) is 1.00. The van der Waals surface area contributed by atoms with Crippen LogP contribution in [0.5, 0.6) is 0 Å². The van der Waals surface area contributed by atoms with Crippen LogP contribution in [-0.4, -0.2) is 12.7 Å². The van der Waals surface area contributed by atoms with Gasteiger partial charge in [0.15, 0.2) is 0 Å². The second kappa shape index (κ2) is 2.54. The molecular weight excluding hydrogens is 124 g/mol. The summed E-state index contributed by atoms with van der Waals surface area (Å²) in [4.78, 5) is 0. The third-order valence-corrected chi connectivity index (χ3v) is 3.14. The van der Waals surface area contributed by atoms with E-state index in [0.29, 0.717) is 6.10 Å². The van der Waals surface area contributed by atoms with Crippen LogP contribution in [0.1, 0.15) is 32.6 Å². The zero-order valence-electron chi connectivity index (χ0n) is 6.68. The molecule has 0 aromatic rings. The lowest BCUT2D eigenvalue weighted by molar-refractivity contribution is 0.0479. The quantitative estimate of drug-likeness (QED) is 0.501. The molecule has 0 bridgehead atoms. The van der Waals surface area contributed by atoms with Crippen LogP contribution in [0.15, 0.2) is 0 Å². The minimum Gasteiger partial charge on any atom is -0.378 e. The molecule has 2 aliphatic rings. The molecule has 3 atom stereocenters. The SMILES string of the molecule is C[C@H]1CCC[C@H]2OCC[C@@H]12. The van der Waals surface area contributed by atoms with E-state index in [2.05, 4.69) is 6.92 Å². The molecule has 2 rings (SSSR count). The van der Waals surface area contributed by atoms with Gasteiger partial charge in [-0.3, -0.25) is 0 Å². The molecule has 0 amide bonds. The van der Waals surface area contributed by atoms with Gasteiger partial charge in [0.05, 0.1) is 6.10 Å². The highest BCUT2D eigenvalue weighted by Gasteiger charge is 2.34. The van der Waals surface area contributed by atoms with E-state index in [9.17, 15) is 0 Å². The average molecular weight is 140 g/mol. The predicted octanol–water partition coefficient (Wildman–Crippen LogP) is 2.21. The molecule has 1 heteroatoms. The molecule has 0 aromatic carbocycles. The number of fused-ring (bicyclic) bond motifs is 1. The molecular formula is C9H16O. The zero-order chi connectivity index (χ0) is 6.97. The van der Waals surface area contributed by atoms with Gasteiger partial charge in [0.2, 0.25) is 0 Å². The monoisotopic (exact) mass is 140 g/mol. The summed E-state index contributed by atoms with van der Waals surface area (Å²) < 4.78 is 5.63. The van der Waals surface area contributed by atoms with Gasteiger partial charge < -0.3 is 4.74 Å². The second-order valence-corrected chi connectivity index (χ2v) is 3.77. The van der Waals surface area contributed by atoms with Crippen LogP contribution >= 0.6 is 0 Å². The molecule has 0 spiro atoms. The van der Waals surface area contributed by atoms with Gasteiger partial charge in [-0.1, -0.05) is 19.8 Å². The first-order valence-corrected chi connectivity index (χ1v) is 4.49. The highest BCUT2D eigenvalue weighted by atomic mass is 16.5. The zero-order valence-corrected chi connectivity index (χ0v) is 6.68. The van der Waals surface area contributed by atoms with Crippen LogP contribution < -0.4 is 0 Å². The van der Waals surface area contributed by atoms with Crippen LogP contribution in [0.2, 0.25) is 0 Å². The van der Waals surface area contributed by atoms with E-state index in [1.54, 1.807) is 0 Å². The summed E-state index contributed by atoms with van der Waals surface area (Å²) in [6.07, 6.45) is 6.12. The van der Waals surface area contributed by atoms with Gasteiger partial charge in [-0.2, -0.15) is 0 Å². The van der Waals surface area contributed by atoms with Gasteiger partial charge in [0.25, 0.3) is 0 Å². The summed E-state index contributed by atoms with van der Waals surface area (Å²) in [6, 6.07) is 0. The summed E-state index contributed by atoms with van der Waals surface area (Å²) in [5.41, 5.74) is 0. The van der Waals surface area contributed by atoms with Crippen molar-refractivity contribution in [2.45, 2.75) is 38.7 Å². The largest absolute Gasteiger partial charge is 0.378 e. The lowest BCUT2D eigenvalue weighted by atomic mass is 9.78. The Morgan fingerprint density at radius 2 is 2.10 bits per heavy atom. The summed E-state index contributed by atoms with van der Waals surface area (Å²) >= 11 is 0. The van der Waals surface area contributed by atoms with Gasteiger partial charge in [-0.25, -0.2) is 0 Å². The van der Waals surface area contributed by atoms with Gasteiger partial charge in [0.1, 0.15) is 0 Å². The standard InChI is InChI=1S/C9H16O/c1-7-3-2-4-9-8(7)5-6-10-9/h7-9H,2-6H2,1H3/t7-,8-,9+/m0/s1. The number of ether oxygens (including phenoxy) is 1. The molecule has 1 aliphatic heterocycles. The van der Waals surface area contributed by atoms with Crippen molar-refractivity contribution in [2.24, 2.45) is 11.8 Å². The third-order valence-electron chi connectivity index (χ3n) is 3.14. The molecule has 0 N–H and O–H groups in total. The highest BCUT2D eigenvalue weighted by Crippen LogP contribution is 2.37. The Hall–Kier alpha value is -0.0400. The summed E-state index contributed by atoms with van der Waals surface area (Å²) in [5.74, 6) is 1.84. The maximum Gasteiger partial charge on any atom is 0.0606 e. The van der Waals surface area contributed by atoms with E-state index >= 15 is 0 Å². The van der Waals surface area contributed by atoms with E-state index in [1.807, 2.05) is 0 Å². The van der Waals surface area contributed by atoms with Crippen LogP contribution in [-0.2, 0) is 4.74 Å². The topological polar surface area (TPSA) is 9.23 Å². The Morgan fingerprint density at radius 3 is 2.90 bits per heavy atom. The first-order valence-electron chi connectivity index (χ1n) is 4.49. The first-order chi connectivity index (χ1) is 4.88. The van der Waals surface area contributed by atoms with Gasteiger partial charge in [0, 0.05) is 6.61 Å². The van der Waals surface area contributed by atoms with Crippen molar-refractivity contribution in [3.8, 4) is 0 Å². The highest BCUT2D eigenvalue weighted by molar-refractivity contribution is 4.84. The summed E-state index contributed by atoms with van der Waals surface area (Å²) in [6.45, 7) is 3.41. The molecule has 1 heterocycles. The van der Waals surface area contributed by atoms with Gasteiger partial charge in [-0.15, -0.1) is 0 Å². The molecule has 58 valence electrons. The third kappa shape index (κ3) is 0.968. The molecule has 10 heavy (non-hydrogen) atoms. The molecule has 0 radical (unpaired) electrons. The lowest BCUT2D eigenvalue weighted by Crippen LogP contribution is -2.26. The molecule has 0 aromatic heterocycles. The van der Waals surface area contributed by atoms with Crippen molar-refractivity contribution in [3.05, 3.63) is 0 Å². The van der Waals surface area contributed by atoms with Crippen molar-refractivity contribution >= 4 is 0 Å². The maximum absolute atomic E-state index is 5.63. The van der Waals surface area contributed by atoms with Gasteiger partial charge >= 0.3 is 0 Å². The molecule has 1 aliphatic carbocycles. The van der Waals surface area contributed by atoms with Crippen LogP contribution in [0, 0.1) is 11.8 Å². The van der Waals surface area contributed by atoms with E-state index in [4.69, 9.17) is 4.74 Å². The Bertz CT molecular complexity index is 122. The Balaban J connectivity index is 2.03. The Labute approximate surface area is 62.8 Å². The molecule has 2 fully saturated rings. The van der Waals surface area contributed by atoms with Crippen LogP contribution in [0.4, 0.5) is 0 Å². The van der Waals surface area contributed by atoms with Crippen molar-refractivity contribution in [2.75, 3.05) is 6.61 Å². The number of hydrogen-bond donors (Lipinski definition) is 0. The fourth-order valence-corrected chi connectivity index (χ4v) is 2.47. The van der Waals surface area contributed by atoms with E-state index in [1.165, 1.54) is 25.7 Å². The molecule has 1 saturated heterocycles. The van der Waals surface area contributed by atoms with Gasteiger partial charge in [-0.05, 0) is 24.7 Å². The van der Waals surface area contributed by atoms with Crippen molar-refractivity contribution in [1.82, 2.24) is 0 Å². The number of rotatable bonds is 0.